The van der Waals surface area contributed by atoms with Crippen LogP contribution < -0.4 is 5.73 Å². The Balaban J connectivity index is 2.82. The third-order valence-corrected chi connectivity index (χ3v) is 2.28. The molecule has 0 unspecified atom stereocenters. The van der Waals surface area contributed by atoms with E-state index >= 15 is 0 Å². The van der Waals surface area contributed by atoms with Crippen LogP contribution in [0.1, 0.15) is 32.8 Å². The van der Waals surface area contributed by atoms with E-state index in [1.807, 2.05) is 30.3 Å². The molecule has 0 aliphatic carbocycles. The van der Waals surface area contributed by atoms with Crippen LogP contribution in [0.4, 0.5) is 0 Å². The summed E-state index contributed by atoms with van der Waals surface area (Å²) < 4.78 is 5.23. The van der Waals surface area contributed by atoms with Gasteiger partial charge >= 0.3 is 5.97 Å². The summed E-state index contributed by atoms with van der Waals surface area (Å²) in [5, 5.41) is 0. The van der Waals surface area contributed by atoms with E-state index in [0.717, 1.165) is 5.56 Å². The normalized spacial score (nSPS) is 13.2. The third kappa shape index (κ3) is 6.13. The maximum absolute atomic E-state index is 12.0. The molecule has 0 heterocycles. The molecular formula is C15H20N2O3. The van der Waals surface area contributed by atoms with Gasteiger partial charge < -0.3 is 10.5 Å². The van der Waals surface area contributed by atoms with Crippen LogP contribution in [0.3, 0.4) is 0 Å². The van der Waals surface area contributed by atoms with Crippen LogP contribution in [-0.2, 0) is 14.3 Å². The van der Waals surface area contributed by atoms with Crippen LogP contribution in [0.15, 0.2) is 35.3 Å². The predicted molar refractivity (Wildman–Crippen MR) is 77.5 cm³/mol. The second kappa shape index (κ2) is 6.84. The molecule has 0 bridgehead atoms. The van der Waals surface area contributed by atoms with E-state index in [2.05, 4.69) is 4.99 Å². The summed E-state index contributed by atoms with van der Waals surface area (Å²) in [7, 11) is 0. The molecule has 5 nitrogen and oxygen atoms in total. The van der Waals surface area contributed by atoms with Gasteiger partial charge in [-0.25, -0.2) is 4.79 Å². The summed E-state index contributed by atoms with van der Waals surface area (Å²) in [4.78, 5) is 27.1. The fraction of sp³-hybridized carbons (Fsp3) is 0.400. The van der Waals surface area contributed by atoms with Gasteiger partial charge in [0.05, 0.1) is 6.42 Å². The van der Waals surface area contributed by atoms with Gasteiger partial charge in [-0.3, -0.25) is 9.79 Å². The Morgan fingerprint density at radius 3 is 2.40 bits per heavy atom. The van der Waals surface area contributed by atoms with E-state index in [9.17, 15) is 9.59 Å². The van der Waals surface area contributed by atoms with E-state index in [0.29, 0.717) is 0 Å². The number of esters is 1. The molecule has 0 radical (unpaired) electrons. The average Bonchev–Trinajstić information content (AvgIpc) is 2.33. The zero-order valence-corrected chi connectivity index (χ0v) is 12.0. The van der Waals surface area contributed by atoms with Crippen LogP contribution >= 0.6 is 0 Å². The van der Waals surface area contributed by atoms with Crippen molar-refractivity contribution in [2.75, 3.05) is 0 Å². The van der Waals surface area contributed by atoms with Crippen molar-refractivity contribution in [2.24, 2.45) is 10.7 Å². The molecule has 1 aromatic rings. The van der Waals surface area contributed by atoms with Crippen molar-refractivity contribution in [3.05, 3.63) is 35.9 Å². The SMILES string of the molecule is CC(C)(C)OC(=O)[C@H](CC(N)=O)N=Cc1ccccc1. The maximum atomic E-state index is 12.0. The molecule has 0 aromatic heterocycles. The number of hydrogen-bond acceptors (Lipinski definition) is 4. The Morgan fingerprint density at radius 2 is 1.90 bits per heavy atom. The number of benzene rings is 1. The van der Waals surface area contributed by atoms with E-state index in [-0.39, 0.29) is 6.42 Å². The van der Waals surface area contributed by atoms with Gasteiger partial charge in [0.1, 0.15) is 5.60 Å². The van der Waals surface area contributed by atoms with Crippen LogP contribution in [0.2, 0.25) is 0 Å². The minimum Gasteiger partial charge on any atom is -0.458 e. The average molecular weight is 276 g/mol. The zero-order chi connectivity index (χ0) is 15.2. The first-order valence-corrected chi connectivity index (χ1v) is 6.37. The lowest BCUT2D eigenvalue weighted by atomic mass is 10.1. The number of nitrogens with zero attached hydrogens (tertiary/aromatic N) is 1. The number of ether oxygens (including phenoxy) is 1. The van der Waals surface area contributed by atoms with Crippen molar-refractivity contribution >= 4 is 18.1 Å². The fourth-order valence-electron chi connectivity index (χ4n) is 1.47. The van der Waals surface area contributed by atoms with E-state index in [1.54, 1.807) is 20.8 Å². The molecule has 0 spiro atoms. The highest BCUT2D eigenvalue weighted by Crippen LogP contribution is 2.11. The van der Waals surface area contributed by atoms with Gasteiger partial charge in [-0.1, -0.05) is 30.3 Å². The Hall–Kier alpha value is -2.17. The molecule has 0 aliphatic rings. The lowest BCUT2D eigenvalue weighted by Gasteiger charge is -2.21. The minimum atomic E-state index is -0.910. The molecular weight excluding hydrogens is 256 g/mol. The Labute approximate surface area is 118 Å². The van der Waals surface area contributed by atoms with Crippen molar-refractivity contribution in [1.82, 2.24) is 0 Å². The second-order valence-corrected chi connectivity index (χ2v) is 5.41. The molecule has 108 valence electrons. The van der Waals surface area contributed by atoms with E-state index in [1.165, 1.54) is 6.21 Å². The van der Waals surface area contributed by atoms with Gasteiger partial charge in [0.15, 0.2) is 6.04 Å². The highest BCUT2D eigenvalue weighted by atomic mass is 16.6. The van der Waals surface area contributed by atoms with Crippen LogP contribution in [-0.4, -0.2) is 29.7 Å². The van der Waals surface area contributed by atoms with Crippen molar-refractivity contribution in [1.29, 1.82) is 0 Å². The van der Waals surface area contributed by atoms with Gasteiger partial charge in [-0.05, 0) is 26.3 Å². The van der Waals surface area contributed by atoms with Crippen LogP contribution in [0.5, 0.6) is 0 Å². The van der Waals surface area contributed by atoms with Gasteiger partial charge in [0, 0.05) is 6.21 Å². The lowest BCUT2D eigenvalue weighted by molar-refractivity contribution is -0.157. The molecule has 0 saturated heterocycles. The first-order valence-electron chi connectivity index (χ1n) is 6.37. The third-order valence-electron chi connectivity index (χ3n) is 2.28. The Bertz CT molecular complexity index is 490. The quantitative estimate of drug-likeness (QED) is 0.656. The van der Waals surface area contributed by atoms with E-state index in [4.69, 9.17) is 10.5 Å². The molecule has 1 amide bonds. The Morgan fingerprint density at radius 1 is 1.30 bits per heavy atom. The highest BCUT2D eigenvalue weighted by molar-refractivity contribution is 5.88. The number of nitrogens with two attached hydrogens (primary N) is 1. The Kier molecular flexibility index (Phi) is 5.43. The fourth-order valence-corrected chi connectivity index (χ4v) is 1.47. The highest BCUT2D eigenvalue weighted by Gasteiger charge is 2.25. The summed E-state index contributed by atoms with van der Waals surface area (Å²) in [6.07, 6.45) is 1.37. The van der Waals surface area contributed by atoms with Gasteiger partial charge in [-0.15, -0.1) is 0 Å². The van der Waals surface area contributed by atoms with Crippen molar-refractivity contribution in [3.63, 3.8) is 0 Å². The summed E-state index contributed by atoms with van der Waals surface area (Å²) in [5.74, 6) is -1.14. The van der Waals surface area contributed by atoms with Crippen molar-refractivity contribution < 1.29 is 14.3 Å². The van der Waals surface area contributed by atoms with Crippen molar-refractivity contribution in [2.45, 2.75) is 38.8 Å². The summed E-state index contributed by atoms with van der Waals surface area (Å²) >= 11 is 0. The smallest absolute Gasteiger partial charge is 0.331 e. The van der Waals surface area contributed by atoms with Crippen LogP contribution in [0.25, 0.3) is 0 Å². The summed E-state index contributed by atoms with van der Waals surface area (Å²) in [6.45, 7) is 5.27. The topological polar surface area (TPSA) is 81.8 Å². The molecule has 5 heteroatoms. The number of primary amides is 1. The van der Waals surface area contributed by atoms with E-state index < -0.39 is 23.5 Å². The number of amides is 1. The lowest BCUT2D eigenvalue weighted by Crippen LogP contribution is -2.33. The number of carbonyl (C=O) groups is 2. The molecule has 1 rings (SSSR count). The van der Waals surface area contributed by atoms with Gasteiger partial charge in [0.2, 0.25) is 5.91 Å². The minimum absolute atomic E-state index is 0.168. The van der Waals surface area contributed by atoms with Gasteiger partial charge in [0.25, 0.3) is 0 Å². The second-order valence-electron chi connectivity index (χ2n) is 5.41. The number of aliphatic imine (C=N–C) groups is 1. The predicted octanol–water partition coefficient (Wildman–Crippen LogP) is 1.69. The molecule has 0 saturated carbocycles. The molecule has 1 atom stereocenters. The first-order chi connectivity index (χ1) is 9.28. The zero-order valence-electron chi connectivity index (χ0n) is 12.0. The summed E-state index contributed by atoms with van der Waals surface area (Å²) in [6, 6.07) is 8.38. The molecule has 20 heavy (non-hydrogen) atoms. The van der Waals surface area contributed by atoms with Gasteiger partial charge in [-0.2, -0.15) is 0 Å². The number of rotatable bonds is 5. The number of carbonyl (C=O) groups excluding carboxylic acids is 2. The van der Waals surface area contributed by atoms with Crippen molar-refractivity contribution in [3.8, 4) is 0 Å². The standard InChI is InChI=1S/C15H20N2O3/c1-15(2,3)20-14(19)12(9-13(16)18)17-10-11-7-5-4-6-8-11/h4-8,10,12H,9H2,1-3H3,(H2,16,18)/t12-/m0/s1. The van der Waals surface area contributed by atoms with Crippen LogP contribution in [0, 0.1) is 0 Å². The molecule has 2 N–H and O–H groups in total. The molecule has 0 aliphatic heterocycles. The monoisotopic (exact) mass is 276 g/mol. The summed E-state index contributed by atoms with van der Waals surface area (Å²) in [5.41, 5.74) is 5.35. The molecule has 1 aromatic carbocycles. The first kappa shape index (κ1) is 15.9. The maximum Gasteiger partial charge on any atom is 0.331 e. The number of hydrogen-bond donors (Lipinski definition) is 1. The molecule has 0 fully saturated rings. The largest absolute Gasteiger partial charge is 0.458 e.